The molecular weight excluding hydrogens is 307 g/mol. The molecule has 0 aliphatic carbocycles. The lowest BCUT2D eigenvalue weighted by molar-refractivity contribution is -0.137. The molecule has 2 saturated heterocycles. The van der Waals surface area contributed by atoms with Crippen LogP contribution in [-0.4, -0.2) is 55.8 Å². The summed E-state index contributed by atoms with van der Waals surface area (Å²) < 4.78 is 44.9. The minimum atomic E-state index is -4.36. The van der Waals surface area contributed by atoms with Gasteiger partial charge in [-0.2, -0.15) is 13.2 Å². The summed E-state index contributed by atoms with van der Waals surface area (Å²) in [6.45, 7) is 5.51. The summed E-state index contributed by atoms with van der Waals surface area (Å²) in [7, 11) is 0. The molecule has 1 atom stereocenters. The van der Waals surface area contributed by atoms with E-state index in [0.29, 0.717) is 19.0 Å². The minimum Gasteiger partial charge on any atom is -0.379 e. The number of alkyl halides is 3. The van der Waals surface area contributed by atoms with Gasteiger partial charge in [0.2, 0.25) is 0 Å². The van der Waals surface area contributed by atoms with Crippen LogP contribution in [0.4, 0.5) is 19.0 Å². The Morgan fingerprint density at radius 3 is 2.74 bits per heavy atom. The fraction of sp³-hybridized carbons (Fsp3) is 0.688. The summed E-state index contributed by atoms with van der Waals surface area (Å²) >= 11 is 0. The molecular formula is C16H22F3N3O. The van der Waals surface area contributed by atoms with Crippen LogP contribution in [0.25, 0.3) is 0 Å². The Balaban J connectivity index is 1.69. The van der Waals surface area contributed by atoms with Gasteiger partial charge in [0.15, 0.2) is 0 Å². The topological polar surface area (TPSA) is 28.6 Å². The summed E-state index contributed by atoms with van der Waals surface area (Å²) in [5.41, 5.74) is -0.632. The van der Waals surface area contributed by atoms with Crippen molar-refractivity contribution in [2.24, 2.45) is 5.92 Å². The first kappa shape index (κ1) is 16.5. The van der Waals surface area contributed by atoms with Crippen LogP contribution < -0.4 is 4.90 Å². The Bertz CT molecular complexity index is 518. The fourth-order valence-electron chi connectivity index (χ4n) is 3.43. The van der Waals surface area contributed by atoms with Gasteiger partial charge in [0.25, 0.3) is 0 Å². The molecule has 0 radical (unpaired) electrons. The number of halogens is 3. The zero-order valence-electron chi connectivity index (χ0n) is 13.1. The molecule has 1 unspecified atom stereocenters. The monoisotopic (exact) mass is 329 g/mol. The molecule has 1 aromatic rings. The molecule has 0 amide bonds. The number of aromatic nitrogens is 1. The maximum atomic E-state index is 13.2. The van der Waals surface area contributed by atoms with Gasteiger partial charge in [0, 0.05) is 38.9 Å². The van der Waals surface area contributed by atoms with Gasteiger partial charge < -0.3 is 9.64 Å². The number of pyridine rings is 1. The normalized spacial score (nSPS) is 24.0. The van der Waals surface area contributed by atoms with Gasteiger partial charge in [-0.15, -0.1) is 0 Å². The van der Waals surface area contributed by atoms with Crippen LogP contribution in [0.3, 0.4) is 0 Å². The summed E-state index contributed by atoms with van der Waals surface area (Å²) in [5, 5.41) is 0. The molecule has 128 valence electrons. The van der Waals surface area contributed by atoms with E-state index in [1.54, 1.807) is 4.90 Å². The lowest BCUT2D eigenvalue weighted by atomic mass is 9.96. The van der Waals surface area contributed by atoms with Gasteiger partial charge in [-0.3, -0.25) is 4.90 Å². The molecule has 3 heterocycles. The van der Waals surface area contributed by atoms with Crippen molar-refractivity contribution in [1.82, 2.24) is 9.88 Å². The van der Waals surface area contributed by atoms with Gasteiger partial charge in [-0.1, -0.05) is 0 Å². The summed E-state index contributed by atoms with van der Waals surface area (Å²) in [4.78, 5) is 8.17. The van der Waals surface area contributed by atoms with Crippen molar-refractivity contribution < 1.29 is 17.9 Å². The Labute approximate surface area is 134 Å². The van der Waals surface area contributed by atoms with Crippen LogP contribution in [0.5, 0.6) is 0 Å². The maximum absolute atomic E-state index is 13.2. The van der Waals surface area contributed by atoms with Crippen LogP contribution in [0, 0.1) is 5.92 Å². The van der Waals surface area contributed by atoms with Crippen LogP contribution in [-0.2, 0) is 10.9 Å². The average Bonchev–Trinajstić information content (AvgIpc) is 2.55. The second-order valence-corrected chi connectivity index (χ2v) is 6.24. The second kappa shape index (κ2) is 7.05. The summed E-state index contributed by atoms with van der Waals surface area (Å²) in [6, 6.07) is 2.47. The van der Waals surface area contributed by atoms with Gasteiger partial charge in [-0.25, -0.2) is 4.98 Å². The fourth-order valence-corrected chi connectivity index (χ4v) is 3.43. The van der Waals surface area contributed by atoms with Gasteiger partial charge >= 0.3 is 6.18 Å². The Hall–Kier alpha value is -1.34. The number of hydrogen-bond acceptors (Lipinski definition) is 4. The average molecular weight is 329 g/mol. The van der Waals surface area contributed by atoms with E-state index in [-0.39, 0.29) is 5.82 Å². The van der Waals surface area contributed by atoms with Crippen molar-refractivity contribution in [1.29, 1.82) is 0 Å². The zero-order chi connectivity index (χ0) is 16.3. The molecule has 3 rings (SSSR count). The number of rotatable bonds is 3. The van der Waals surface area contributed by atoms with E-state index in [1.165, 1.54) is 12.3 Å². The number of anilines is 1. The molecule has 0 spiro atoms. The summed E-state index contributed by atoms with van der Waals surface area (Å²) in [5.74, 6) is 0.455. The van der Waals surface area contributed by atoms with Crippen LogP contribution in [0.15, 0.2) is 18.3 Å². The number of nitrogens with zero attached hydrogens (tertiary/aromatic N) is 3. The van der Waals surface area contributed by atoms with Crippen molar-refractivity contribution in [3.05, 3.63) is 23.9 Å². The third kappa shape index (κ3) is 4.14. The Kier molecular flexibility index (Phi) is 5.06. The number of ether oxygens (including phenoxy) is 1. The molecule has 2 aliphatic heterocycles. The largest absolute Gasteiger partial charge is 0.419 e. The first-order chi connectivity index (χ1) is 11.0. The molecule has 0 N–H and O–H groups in total. The molecule has 7 heteroatoms. The Morgan fingerprint density at radius 2 is 2.00 bits per heavy atom. The molecule has 0 saturated carbocycles. The third-order valence-electron chi connectivity index (χ3n) is 4.53. The van der Waals surface area contributed by atoms with Gasteiger partial charge in [-0.05, 0) is 30.9 Å². The lowest BCUT2D eigenvalue weighted by Crippen LogP contribution is -2.45. The van der Waals surface area contributed by atoms with Crippen molar-refractivity contribution in [2.75, 3.05) is 50.8 Å². The molecule has 0 bridgehead atoms. The first-order valence-corrected chi connectivity index (χ1v) is 8.11. The molecule has 2 fully saturated rings. The van der Waals surface area contributed by atoms with E-state index in [1.807, 2.05) is 0 Å². The van der Waals surface area contributed by atoms with Crippen LogP contribution in [0.2, 0.25) is 0 Å². The van der Waals surface area contributed by atoms with Gasteiger partial charge in [0.05, 0.1) is 18.8 Å². The van der Waals surface area contributed by atoms with E-state index < -0.39 is 11.7 Å². The second-order valence-electron chi connectivity index (χ2n) is 6.24. The summed E-state index contributed by atoms with van der Waals surface area (Å²) in [6.07, 6.45) is -0.957. The number of hydrogen-bond donors (Lipinski definition) is 0. The van der Waals surface area contributed by atoms with E-state index in [4.69, 9.17) is 4.74 Å². The molecule has 0 aromatic carbocycles. The van der Waals surface area contributed by atoms with E-state index >= 15 is 0 Å². The standard InChI is InChI=1S/C16H22F3N3O/c17-16(18,19)14-4-1-5-20-15(14)22-6-2-3-13(12-22)11-21-7-9-23-10-8-21/h1,4-5,13H,2-3,6-12H2. The molecule has 4 nitrogen and oxygen atoms in total. The van der Waals surface area contributed by atoms with Crippen LogP contribution >= 0.6 is 0 Å². The quantitative estimate of drug-likeness (QED) is 0.852. The highest BCUT2D eigenvalue weighted by Gasteiger charge is 2.36. The van der Waals surface area contributed by atoms with Crippen LogP contribution in [0.1, 0.15) is 18.4 Å². The highest BCUT2D eigenvalue weighted by molar-refractivity contribution is 5.48. The Morgan fingerprint density at radius 1 is 1.22 bits per heavy atom. The van der Waals surface area contributed by atoms with Crippen molar-refractivity contribution in [2.45, 2.75) is 19.0 Å². The minimum absolute atomic E-state index is 0.0756. The lowest BCUT2D eigenvalue weighted by Gasteiger charge is -2.38. The predicted molar refractivity (Wildman–Crippen MR) is 81.4 cm³/mol. The zero-order valence-corrected chi connectivity index (χ0v) is 13.1. The maximum Gasteiger partial charge on any atom is 0.419 e. The van der Waals surface area contributed by atoms with E-state index in [2.05, 4.69) is 9.88 Å². The molecule has 2 aliphatic rings. The molecule has 1 aromatic heterocycles. The highest BCUT2D eigenvalue weighted by atomic mass is 19.4. The van der Waals surface area contributed by atoms with Crippen molar-refractivity contribution >= 4 is 5.82 Å². The third-order valence-corrected chi connectivity index (χ3v) is 4.53. The number of morpholine rings is 1. The SMILES string of the molecule is FC(F)(F)c1cccnc1N1CCCC(CN2CCOCC2)C1. The van der Waals surface area contributed by atoms with Gasteiger partial charge in [0.1, 0.15) is 5.82 Å². The highest BCUT2D eigenvalue weighted by Crippen LogP contribution is 2.36. The van der Waals surface area contributed by atoms with Crippen molar-refractivity contribution in [3.8, 4) is 0 Å². The van der Waals surface area contributed by atoms with E-state index in [0.717, 1.165) is 51.8 Å². The number of piperidine rings is 1. The molecule has 23 heavy (non-hydrogen) atoms. The smallest absolute Gasteiger partial charge is 0.379 e. The predicted octanol–water partition coefficient (Wildman–Crippen LogP) is 2.65. The first-order valence-electron chi connectivity index (χ1n) is 8.11. The van der Waals surface area contributed by atoms with Crippen molar-refractivity contribution in [3.63, 3.8) is 0 Å². The van der Waals surface area contributed by atoms with E-state index in [9.17, 15) is 13.2 Å².